The van der Waals surface area contributed by atoms with Crippen LogP contribution in [-0.2, 0) is 9.59 Å². The first kappa shape index (κ1) is 16.4. The molecule has 0 bridgehead atoms. The average Bonchev–Trinajstić information content (AvgIpc) is 2.93. The number of aryl methyl sites for hydroxylation is 1. The van der Waals surface area contributed by atoms with Crippen molar-refractivity contribution in [3.63, 3.8) is 0 Å². The minimum absolute atomic E-state index is 0.446. The molecular weight excluding hydrogens is 316 g/mol. The molecule has 6 nitrogen and oxygen atoms in total. The first-order chi connectivity index (χ1) is 11.0. The highest BCUT2D eigenvalue weighted by Gasteiger charge is 2.17. The predicted octanol–water partition coefficient (Wildman–Crippen LogP) is 2.13. The van der Waals surface area contributed by atoms with Crippen LogP contribution in [0.25, 0.3) is 11.1 Å². The predicted molar refractivity (Wildman–Crippen MR) is 86.9 cm³/mol. The summed E-state index contributed by atoms with van der Waals surface area (Å²) in [5.41, 5.74) is 6.58. The van der Waals surface area contributed by atoms with E-state index >= 15 is 0 Å². The van der Waals surface area contributed by atoms with E-state index in [4.69, 9.17) is 5.11 Å². The molecule has 0 aliphatic rings. The summed E-state index contributed by atoms with van der Waals surface area (Å²) in [5, 5.41) is 10.1. The van der Waals surface area contributed by atoms with Crippen molar-refractivity contribution in [2.24, 2.45) is 0 Å². The molecule has 0 fully saturated rings. The van der Waals surface area contributed by atoms with E-state index in [9.17, 15) is 14.4 Å². The van der Waals surface area contributed by atoms with Crippen LogP contribution < -0.4 is 10.9 Å². The number of rotatable bonds is 4. The summed E-state index contributed by atoms with van der Waals surface area (Å²) in [7, 11) is 0. The summed E-state index contributed by atoms with van der Waals surface area (Å²) in [6.45, 7) is 1.91. The lowest BCUT2D eigenvalue weighted by atomic mass is 10.0. The van der Waals surface area contributed by atoms with Gasteiger partial charge in [0.1, 0.15) is 0 Å². The summed E-state index contributed by atoms with van der Waals surface area (Å²) >= 11 is 1.44. The molecule has 0 spiro atoms. The second-order valence-corrected chi connectivity index (χ2v) is 5.65. The molecule has 1 heterocycles. The minimum atomic E-state index is -1.24. The Morgan fingerprint density at radius 3 is 2.43 bits per heavy atom. The van der Waals surface area contributed by atoms with Gasteiger partial charge >= 0.3 is 5.97 Å². The molecule has 0 saturated heterocycles. The lowest BCUT2D eigenvalue weighted by molar-refractivity contribution is -0.131. The van der Waals surface area contributed by atoms with Gasteiger partial charge in [-0.3, -0.25) is 20.4 Å². The first-order valence-corrected chi connectivity index (χ1v) is 7.52. The van der Waals surface area contributed by atoms with E-state index in [0.717, 1.165) is 22.1 Å². The number of carbonyl (C=O) groups is 3. The van der Waals surface area contributed by atoms with Crippen LogP contribution in [0.1, 0.15) is 15.2 Å². The Balaban J connectivity index is 2.12. The van der Waals surface area contributed by atoms with Crippen molar-refractivity contribution in [3.05, 3.63) is 58.3 Å². The van der Waals surface area contributed by atoms with Crippen LogP contribution in [0.3, 0.4) is 0 Å². The van der Waals surface area contributed by atoms with Crippen LogP contribution in [0.2, 0.25) is 0 Å². The van der Waals surface area contributed by atoms with Crippen molar-refractivity contribution in [2.75, 3.05) is 0 Å². The van der Waals surface area contributed by atoms with Crippen LogP contribution in [0, 0.1) is 6.92 Å². The fraction of sp³-hybridized carbons (Fsp3) is 0.0625. The molecule has 23 heavy (non-hydrogen) atoms. The molecule has 0 aliphatic heterocycles. The van der Waals surface area contributed by atoms with E-state index in [-0.39, 0.29) is 0 Å². The van der Waals surface area contributed by atoms with Crippen LogP contribution in [-0.4, -0.2) is 22.9 Å². The number of carboxylic acids is 1. The second-order valence-electron chi connectivity index (χ2n) is 4.56. The molecule has 0 aliphatic carbocycles. The van der Waals surface area contributed by atoms with Gasteiger partial charge in [0.2, 0.25) is 0 Å². The Morgan fingerprint density at radius 2 is 1.78 bits per heavy atom. The third-order valence-corrected chi connectivity index (χ3v) is 3.87. The average molecular weight is 330 g/mol. The second kappa shape index (κ2) is 7.37. The maximum absolute atomic E-state index is 12.2. The monoisotopic (exact) mass is 330 g/mol. The number of benzene rings is 1. The van der Waals surface area contributed by atoms with Crippen LogP contribution in [0.5, 0.6) is 0 Å². The topological polar surface area (TPSA) is 95.5 Å². The molecule has 2 rings (SSSR count). The Bertz CT molecular complexity index is 766. The molecule has 7 heteroatoms. The highest BCUT2D eigenvalue weighted by Crippen LogP contribution is 2.32. The standard InChI is InChI=1S/C16H14N2O4S/c1-10-15(11-5-3-2-4-6-11)12(9-23-10)16(22)18-17-13(19)7-8-14(20)21/h2-9H,1H3,(H,17,19)(H,18,22)(H,20,21)/b8-7+. The van der Waals surface area contributed by atoms with E-state index in [1.54, 1.807) is 5.38 Å². The molecule has 0 atom stereocenters. The number of amides is 2. The van der Waals surface area contributed by atoms with Crippen molar-refractivity contribution in [1.82, 2.24) is 10.9 Å². The number of carbonyl (C=O) groups excluding carboxylic acids is 2. The SMILES string of the molecule is Cc1scc(C(=O)NNC(=O)/C=C/C(=O)O)c1-c1ccccc1. The minimum Gasteiger partial charge on any atom is -0.478 e. The number of hydrogen-bond donors (Lipinski definition) is 3. The highest BCUT2D eigenvalue weighted by atomic mass is 32.1. The zero-order chi connectivity index (χ0) is 16.8. The number of nitrogens with one attached hydrogen (secondary N) is 2. The van der Waals surface area contributed by atoms with Gasteiger partial charge in [-0.1, -0.05) is 30.3 Å². The van der Waals surface area contributed by atoms with Gasteiger partial charge in [-0.25, -0.2) is 4.79 Å². The Hall–Kier alpha value is -2.93. The lowest BCUT2D eigenvalue weighted by Crippen LogP contribution is -2.40. The molecular formula is C16H14N2O4S. The number of carboxylic acid groups (broad SMARTS) is 1. The molecule has 2 aromatic rings. The van der Waals surface area contributed by atoms with E-state index < -0.39 is 17.8 Å². The van der Waals surface area contributed by atoms with Gasteiger partial charge in [0.25, 0.3) is 11.8 Å². The largest absolute Gasteiger partial charge is 0.478 e. The van der Waals surface area contributed by atoms with Crippen molar-refractivity contribution in [3.8, 4) is 11.1 Å². The fourth-order valence-corrected chi connectivity index (χ4v) is 2.82. The van der Waals surface area contributed by atoms with Crippen molar-refractivity contribution in [1.29, 1.82) is 0 Å². The van der Waals surface area contributed by atoms with Crippen LogP contribution in [0.4, 0.5) is 0 Å². The smallest absolute Gasteiger partial charge is 0.328 e. The zero-order valence-corrected chi connectivity index (χ0v) is 13.0. The molecule has 1 aromatic heterocycles. The zero-order valence-electron chi connectivity index (χ0n) is 12.2. The maximum Gasteiger partial charge on any atom is 0.328 e. The molecule has 118 valence electrons. The van der Waals surface area contributed by atoms with Gasteiger partial charge in [-0.2, -0.15) is 0 Å². The van der Waals surface area contributed by atoms with Crippen molar-refractivity contribution >= 4 is 29.1 Å². The normalized spacial score (nSPS) is 10.5. The maximum atomic E-state index is 12.2. The van der Waals surface area contributed by atoms with E-state index in [1.165, 1.54) is 11.3 Å². The van der Waals surface area contributed by atoms with Gasteiger partial charge in [-0.05, 0) is 12.5 Å². The van der Waals surface area contributed by atoms with Gasteiger partial charge < -0.3 is 5.11 Å². The van der Waals surface area contributed by atoms with Crippen molar-refractivity contribution < 1.29 is 19.5 Å². The Kier molecular flexibility index (Phi) is 5.27. The van der Waals surface area contributed by atoms with Crippen LogP contribution in [0.15, 0.2) is 47.9 Å². The molecule has 0 unspecified atom stereocenters. The van der Waals surface area contributed by atoms with Crippen LogP contribution >= 0.6 is 11.3 Å². The molecule has 0 saturated carbocycles. The van der Waals surface area contributed by atoms with E-state index in [1.807, 2.05) is 37.3 Å². The molecule has 2 amide bonds. The molecule has 0 radical (unpaired) electrons. The fourth-order valence-electron chi connectivity index (χ4n) is 1.96. The number of thiophene rings is 1. The number of hydrogen-bond acceptors (Lipinski definition) is 4. The summed E-state index contributed by atoms with van der Waals surface area (Å²) in [5.74, 6) is -2.44. The highest BCUT2D eigenvalue weighted by molar-refractivity contribution is 7.10. The molecule has 1 aromatic carbocycles. The van der Waals surface area contributed by atoms with Gasteiger partial charge in [0, 0.05) is 28.0 Å². The summed E-state index contributed by atoms with van der Waals surface area (Å²) in [6, 6.07) is 9.46. The third kappa shape index (κ3) is 4.27. The number of hydrazine groups is 1. The first-order valence-electron chi connectivity index (χ1n) is 6.64. The van der Waals surface area contributed by atoms with Gasteiger partial charge in [0.05, 0.1) is 5.56 Å². The molecule has 3 N–H and O–H groups in total. The summed E-state index contributed by atoms with van der Waals surface area (Å²) < 4.78 is 0. The van der Waals surface area contributed by atoms with E-state index in [0.29, 0.717) is 11.6 Å². The number of aliphatic carboxylic acids is 1. The Morgan fingerprint density at radius 1 is 1.09 bits per heavy atom. The van der Waals surface area contributed by atoms with Crippen molar-refractivity contribution in [2.45, 2.75) is 6.92 Å². The van der Waals surface area contributed by atoms with Gasteiger partial charge in [0.15, 0.2) is 0 Å². The van der Waals surface area contributed by atoms with E-state index in [2.05, 4.69) is 10.9 Å². The quantitative estimate of drug-likeness (QED) is 0.591. The summed E-state index contributed by atoms with van der Waals surface area (Å²) in [6.07, 6.45) is 1.51. The Labute approximate surface area is 136 Å². The summed E-state index contributed by atoms with van der Waals surface area (Å²) in [4.78, 5) is 34.9. The van der Waals surface area contributed by atoms with Gasteiger partial charge in [-0.15, -0.1) is 11.3 Å². The third-order valence-electron chi connectivity index (χ3n) is 2.96. The lowest BCUT2D eigenvalue weighted by Gasteiger charge is -2.07.